The number of pyridine rings is 1. The molecule has 2 aromatic rings. The van der Waals surface area contributed by atoms with E-state index in [9.17, 15) is 35.5 Å². The Kier molecular flexibility index (Phi) is 5.80. The van der Waals surface area contributed by atoms with Crippen molar-refractivity contribution >= 4 is 17.4 Å². The van der Waals surface area contributed by atoms with Crippen LogP contribution in [0.2, 0.25) is 0 Å². The van der Waals surface area contributed by atoms with Gasteiger partial charge in [-0.2, -0.15) is 5.26 Å². The van der Waals surface area contributed by atoms with E-state index >= 15 is 0 Å². The Hall–Kier alpha value is -4.13. The van der Waals surface area contributed by atoms with Crippen LogP contribution in [-0.4, -0.2) is 43.1 Å². The lowest BCUT2D eigenvalue weighted by Crippen LogP contribution is -2.28. The average Bonchev–Trinajstić information content (AvgIpc) is 2.63. The van der Waals surface area contributed by atoms with E-state index in [0.717, 1.165) is 22.6 Å². The third-order valence-corrected chi connectivity index (χ3v) is 3.82. The number of nitro benzene ring substituents is 1. The van der Waals surface area contributed by atoms with Crippen molar-refractivity contribution in [2.45, 2.75) is 13.5 Å². The zero-order valence-corrected chi connectivity index (χ0v) is 14.9. The van der Waals surface area contributed by atoms with Gasteiger partial charge in [0.1, 0.15) is 11.8 Å². The van der Waals surface area contributed by atoms with Gasteiger partial charge in [-0.25, -0.2) is 0 Å². The van der Waals surface area contributed by atoms with Crippen LogP contribution in [0.4, 0.5) is 5.69 Å². The number of hydrogen-bond acceptors (Lipinski definition) is 8. The molecule has 0 radical (unpaired) electrons. The molecule has 0 saturated heterocycles. The van der Waals surface area contributed by atoms with Crippen LogP contribution in [0.25, 0.3) is 5.76 Å². The standard InChI is InChI=1S/C18H16N4O6/c1-10-3-4-20-12(5-10)9-21(2)18(26)13(8-19)16(24)11-6-14(22(27)28)17(25)15(23)7-11/h3-7,23-25H,9H2,1-2H3/b16-13-. The van der Waals surface area contributed by atoms with Gasteiger partial charge in [0, 0.05) is 24.9 Å². The van der Waals surface area contributed by atoms with Crippen LogP contribution < -0.4 is 0 Å². The number of nitriles is 1. The number of benzene rings is 1. The van der Waals surface area contributed by atoms with E-state index in [0.29, 0.717) is 5.69 Å². The Morgan fingerprint density at radius 2 is 2.04 bits per heavy atom. The summed E-state index contributed by atoms with van der Waals surface area (Å²) in [6, 6.07) is 6.65. The molecule has 0 spiro atoms. The van der Waals surface area contributed by atoms with Crippen molar-refractivity contribution in [2.24, 2.45) is 0 Å². The summed E-state index contributed by atoms with van der Waals surface area (Å²) < 4.78 is 0. The molecule has 144 valence electrons. The largest absolute Gasteiger partial charge is 0.506 e. The molecule has 0 aliphatic carbocycles. The lowest BCUT2D eigenvalue weighted by atomic mass is 10.1. The first-order valence-corrected chi connectivity index (χ1v) is 7.86. The highest BCUT2D eigenvalue weighted by atomic mass is 16.6. The third-order valence-electron chi connectivity index (χ3n) is 3.82. The molecule has 1 heterocycles. The number of hydrogen-bond donors (Lipinski definition) is 3. The number of phenolic OH excluding ortho intramolecular Hbond substituents is 2. The molecule has 0 fully saturated rings. The number of likely N-dealkylation sites (N-methyl/N-ethyl adjacent to an activating group) is 1. The zero-order chi connectivity index (χ0) is 21.0. The van der Waals surface area contributed by atoms with Crippen molar-refractivity contribution in [1.82, 2.24) is 9.88 Å². The van der Waals surface area contributed by atoms with Gasteiger partial charge in [-0.1, -0.05) is 0 Å². The first kappa shape index (κ1) is 20.2. The summed E-state index contributed by atoms with van der Waals surface area (Å²) >= 11 is 0. The molecule has 1 aromatic carbocycles. The van der Waals surface area contributed by atoms with Crippen molar-refractivity contribution in [2.75, 3.05) is 7.05 Å². The van der Waals surface area contributed by atoms with Crippen LogP contribution in [-0.2, 0) is 11.3 Å². The van der Waals surface area contributed by atoms with Crippen LogP contribution >= 0.6 is 0 Å². The molecule has 0 saturated carbocycles. The number of nitrogens with zero attached hydrogens (tertiary/aromatic N) is 4. The molecule has 3 N–H and O–H groups in total. The van der Waals surface area contributed by atoms with Crippen molar-refractivity contribution in [3.63, 3.8) is 0 Å². The van der Waals surface area contributed by atoms with E-state index in [1.807, 2.05) is 6.92 Å². The summed E-state index contributed by atoms with van der Waals surface area (Å²) in [6.45, 7) is 1.91. The molecule has 0 aliphatic heterocycles. The van der Waals surface area contributed by atoms with Crippen LogP contribution in [0.3, 0.4) is 0 Å². The molecule has 0 aliphatic rings. The zero-order valence-electron chi connectivity index (χ0n) is 14.9. The Balaban J connectivity index is 2.42. The van der Waals surface area contributed by atoms with Crippen LogP contribution in [0.5, 0.6) is 11.5 Å². The predicted octanol–water partition coefficient (Wildman–Crippen LogP) is 2.16. The van der Waals surface area contributed by atoms with Gasteiger partial charge in [-0.3, -0.25) is 19.9 Å². The van der Waals surface area contributed by atoms with E-state index in [2.05, 4.69) is 4.98 Å². The number of aromatic hydroxyl groups is 2. The highest BCUT2D eigenvalue weighted by Crippen LogP contribution is 2.38. The summed E-state index contributed by atoms with van der Waals surface area (Å²) in [7, 11) is 1.40. The number of aliphatic hydroxyl groups excluding tert-OH is 1. The predicted molar refractivity (Wildman–Crippen MR) is 97.0 cm³/mol. The van der Waals surface area contributed by atoms with Gasteiger partial charge in [-0.05, 0) is 30.7 Å². The Bertz CT molecular complexity index is 1030. The second-order valence-corrected chi connectivity index (χ2v) is 5.94. The summed E-state index contributed by atoms with van der Waals surface area (Å²) in [5.41, 5.74) is -0.450. The number of rotatable bonds is 5. The molecule has 1 aromatic heterocycles. The monoisotopic (exact) mass is 384 g/mol. The van der Waals surface area contributed by atoms with Crippen LogP contribution in [0.15, 0.2) is 36.0 Å². The minimum absolute atomic E-state index is 0.0555. The van der Waals surface area contributed by atoms with Gasteiger partial charge in [0.2, 0.25) is 5.75 Å². The first-order valence-electron chi connectivity index (χ1n) is 7.86. The molecule has 1 amide bonds. The number of aromatic nitrogens is 1. The molecule has 0 unspecified atom stereocenters. The summed E-state index contributed by atoms with van der Waals surface area (Å²) in [6.07, 6.45) is 1.57. The number of amides is 1. The van der Waals surface area contributed by atoms with E-state index < -0.39 is 39.3 Å². The van der Waals surface area contributed by atoms with E-state index in [1.165, 1.54) is 7.05 Å². The summed E-state index contributed by atoms with van der Waals surface area (Å²) in [5.74, 6) is -3.58. The quantitative estimate of drug-likeness (QED) is 0.176. The molecular formula is C18H16N4O6. The molecule has 0 bridgehead atoms. The highest BCUT2D eigenvalue weighted by molar-refractivity contribution is 6.03. The SMILES string of the molecule is Cc1ccnc(CN(C)C(=O)/C(C#N)=C(\O)c2cc(O)c(O)c([N+](=O)[O-])c2)c1. The number of aliphatic hydroxyl groups is 1. The van der Waals surface area contributed by atoms with Crippen LogP contribution in [0.1, 0.15) is 16.8 Å². The van der Waals surface area contributed by atoms with Crippen molar-refractivity contribution in [3.05, 3.63) is 63.0 Å². The van der Waals surface area contributed by atoms with Gasteiger partial charge < -0.3 is 20.2 Å². The van der Waals surface area contributed by atoms with Crippen LogP contribution in [0, 0.1) is 28.4 Å². The van der Waals surface area contributed by atoms with E-state index in [-0.39, 0.29) is 12.1 Å². The van der Waals surface area contributed by atoms with Crippen molar-refractivity contribution < 1.29 is 25.0 Å². The normalized spacial score (nSPS) is 11.3. The number of aryl methyl sites for hydroxylation is 1. The van der Waals surface area contributed by atoms with E-state index in [1.54, 1.807) is 24.4 Å². The number of carbonyl (C=O) groups is 1. The number of phenols is 2. The fourth-order valence-electron chi connectivity index (χ4n) is 2.42. The number of carbonyl (C=O) groups excluding carboxylic acids is 1. The second-order valence-electron chi connectivity index (χ2n) is 5.94. The minimum atomic E-state index is -0.992. The third kappa shape index (κ3) is 4.16. The maximum atomic E-state index is 12.6. The van der Waals surface area contributed by atoms with E-state index in [4.69, 9.17) is 0 Å². The van der Waals surface area contributed by atoms with Gasteiger partial charge >= 0.3 is 5.69 Å². The first-order chi connectivity index (χ1) is 13.1. The molecular weight excluding hydrogens is 368 g/mol. The summed E-state index contributed by atoms with van der Waals surface area (Å²) in [4.78, 5) is 27.8. The maximum absolute atomic E-state index is 12.6. The second kappa shape index (κ2) is 8.05. The lowest BCUT2D eigenvalue weighted by molar-refractivity contribution is -0.386. The van der Waals surface area contributed by atoms with Gasteiger partial charge in [0.15, 0.2) is 11.3 Å². The Morgan fingerprint density at radius 3 is 2.61 bits per heavy atom. The van der Waals surface area contributed by atoms with Gasteiger partial charge in [0.25, 0.3) is 5.91 Å². The summed E-state index contributed by atoms with van der Waals surface area (Å²) in [5, 5.41) is 49.7. The molecule has 28 heavy (non-hydrogen) atoms. The van der Waals surface area contributed by atoms with Gasteiger partial charge in [0.05, 0.1) is 17.2 Å². The van der Waals surface area contributed by atoms with Crippen molar-refractivity contribution in [3.8, 4) is 17.6 Å². The van der Waals surface area contributed by atoms with Gasteiger partial charge in [-0.15, -0.1) is 0 Å². The Labute approximate surface area is 159 Å². The molecule has 0 atom stereocenters. The minimum Gasteiger partial charge on any atom is -0.506 e. The van der Waals surface area contributed by atoms with Crippen molar-refractivity contribution in [1.29, 1.82) is 5.26 Å². The molecule has 10 nitrogen and oxygen atoms in total. The fourth-order valence-corrected chi connectivity index (χ4v) is 2.42. The number of nitro groups is 1. The molecule has 2 rings (SSSR count). The topological polar surface area (TPSA) is 161 Å². The Morgan fingerprint density at radius 1 is 1.36 bits per heavy atom. The molecule has 10 heteroatoms. The lowest BCUT2D eigenvalue weighted by Gasteiger charge is -2.17. The highest BCUT2D eigenvalue weighted by Gasteiger charge is 2.25. The maximum Gasteiger partial charge on any atom is 0.315 e. The average molecular weight is 384 g/mol. The fraction of sp³-hybridized carbons (Fsp3) is 0.167. The smallest absolute Gasteiger partial charge is 0.315 e.